The van der Waals surface area contributed by atoms with Crippen molar-refractivity contribution in [1.82, 2.24) is 25.3 Å². The Hall–Kier alpha value is -1.89. The number of carbonyl (C=O) groups excluding carboxylic acids is 1. The number of aromatic nitrogens is 2. The summed E-state index contributed by atoms with van der Waals surface area (Å²) >= 11 is 0. The van der Waals surface area contributed by atoms with Crippen LogP contribution in [0.3, 0.4) is 0 Å². The van der Waals surface area contributed by atoms with Gasteiger partial charge in [0, 0.05) is 32.4 Å². The summed E-state index contributed by atoms with van der Waals surface area (Å²) in [5.74, 6) is -0.101. The molecule has 1 aromatic heterocycles. The van der Waals surface area contributed by atoms with Crippen LogP contribution < -0.4 is 10.6 Å². The van der Waals surface area contributed by atoms with Gasteiger partial charge in [0.2, 0.25) is 0 Å². The van der Waals surface area contributed by atoms with Crippen LogP contribution in [-0.4, -0.2) is 53.8 Å². The van der Waals surface area contributed by atoms with Crippen LogP contribution in [0, 0.1) is 0 Å². The summed E-state index contributed by atoms with van der Waals surface area (Å²) in [6, 6.07) is 12.5. The number of halogens is 1. The zero-order chi connectivity index (χ0) is 17.5. The third-order valence-corrected chi connectivity index (χ3v) is 4.56. The van der Waals surface area contributed by atoms with Gasteiger partial charge in [-0.3, -0.25) is 9.48 Å². The van der Waals surface area contributed by atoms with Crippen LogP contribution in [0.2, 0.25) is 0 Å². The molecule has 7 heteroatoms. The molecule has 0 radical (unpaired) electrons. The van der Waals surface area contributed by atoms with Gasteiger partial charge in [-0.05, 0) is 38.1 Å². The maximum atomic E-state index is 12.3. The summed E-state index contributed by atoms with van der Waals surface area (Å²) in [5, 5.41) is 10.8. The number of amides is 1. The Morgan fingerprint density at radius 3 is 2.88 bits per heavy atom. The number of nitrogens with zero attached hydrogens (tertiary/aromatic N) is 3. The second kappa shape index (κ2) is 10.3. The Balaban J connectivity index is 0.00000243. The Bertz CT molecular complexity index is 670. The third-order valence-electron chi connectivity index (χ3n) is 4.56. The molecule has 3 rings (SSSR count). The van der Waals surface area contributed by atoms with E-state index in [4.69, 9.17) is 0 Å². The number of hydrogen-bond donors (Lipinski definition) is 2. The fourth-order valence-corrected chi connectivity index (χ4v) is 3.15. The van der Waals surface area contributed by atoms with Crippen LogP contribution in [0.5, 0.6) is 0 Å². The molecule has 0 saturated carbocycles. The van der Waals surface area contributed by atoms with E-state index in [1.807, 2.05) is 29.1 Å². The van der Waals surface area contributed by atoms with Crippen molar-refractivity contribution >= 4 is 18.3 Å². The highest BCUT2D eigenvalue weighted by Gasteiger charge is 2.17. The van der Waals surface area contributed by atoms with Gasteiger partial charge in [0.25, 0.3) is 5.91 Å². The van der Waals surface area contributed by atoms with Crippen LogP contribution in [-0.2, 0) is 6.54 Å². The molecule has 1 aromatic carbocycles. The first-order valence-corrected chi connectivity index (χ1v) is 8.99. The predicted molar refractivity (Wildman–Crippen MR) is 106 cm³/mol. The van der Waals surface area contributed by atoms with Crippen molar-refractivity contribution in [2.24, 2.45) is 0 Å². The van der Waals surface area contributed by atoms with Gasteiger partial charge in [0.1, 0.15) is 5.69 Å². The van der Waals surface area contributed by atoms with Crippen molar-refractivity contribution in [3.63, 3.8) is 0 Å². The molecule has 6 nitrogen and oxygen atoms in total. The molecule has 2 N–H and O–H groups in total. The minimum atomic E-state index is -0.101. The highest BCUT2D eigenvalue weighted by molar-refractivity contribution is 5.92. The van der Waals surface area contributed by atoms with Gasteiger partial charge >= 0.3 is 0 Å². The van der Waals surface area contributed by atoms with Crippen LogP contribution in [0.25, 0.3) is 0 Å². The average molecular weight is 378 g/mol. The Labute approximate surface area is 161 Å². The molecule has 0 bridgehead atoms. The first kappa shape index (κ1) is 20.4. The summed E-state index contributed by atoms with van der Waals surface area (Å²) in [6.07, 6.45) is 4.17. The summed E-state index contributed by atoms with van der Waals surface area (Å²) in [4.78, 5) is 14.5. The molecule has 26 heavy (non-hydrogen) atoms. The lowest BCUT2D eigenvalue weighted by atomic mass is 10.1. The van der Waals surface area contributed by atoms with Gasteiger partial charge in [0.05, 0.1) is 6.04 Å². The van der Waals surface area contributed by atoms with Gasteiger partial charge in [-0.2, -0.15) is 5.10 Å². The van der Waals surface area contributed by atoms with Crippen molar-refractivity contribution in [3.05, 3.63) is 53.9 Å². The monoisotopic (exact) mass is 377 g/mol. The maximum Gasteiger partial charge on any atom is 0.271 e. The van der Waals surface area contributed by atoms with Gasteiger partial charge in [-0.25, -0.2) is 0 Å². The number of benzene rings is 1. The van der Waals surface area contributed by atoms with E-state index in [1.165, 1.54) is 5.56 Å². The molecule has 1 amide bonds. The third kappa shape index (κ3) is 5.83. The highest BCUT2D eigenvalue weighted by atomic mass is 35.5. The first-order chi connectivity index (χ1) is 12.2. The topological polar surface area (TPSA) is 62.2 Å². The Kier molecular flexibility index (Phi) is 8.09. The summed E-state index contributed by atoms with van der Waals surface area (Å²) in [7, 11) is 2.06. The van der Waals surface area contributed by atoms with E-state index >= 15 is 0 Å². The standard InChI is InChI=1S/C19H27N5O.ClH/c1-23(15-16-6-3-2-4-7-16)13-11-21-19(25)18-9-12-24(22-18)17-8-5-10-20-14-17;/h2-4,6-7,9,12,17,20H,5,8,10-11,13-15H2,1H3,(H,21,25);1H. The number of carbonyl (C=O) groups is 1. The number of piperidine rings is 1. The van der Waals surface area contributed by atoms with Crippen LogP contribution in [0.4, 0.5) is 0 Å². The quantitative estimate of drug-likeness (QED) is 0.775. The minimum absolute atomic E-state index is 0. The molecular weight excluding hydrogens is 350 g/mol. The van der Waals surface area contributed by atoms with Crippen molar-refractivity contribution in [2.45, 2.75) is 25.4 Å². The van der Waals surface area contributed by atoms with E-state index in [1.54, 1.807) is 6.07 Å². The second-order valence-electron chi connectivity index (χ2n) is 6.66. The summed E-state index contributed by atoms with van der Waals surface area (Å²) in [5.41, 5.74) is 1.77. The van der Waals surface area contributed by atoms with Gasteiger partial charge in [0.15, 0.2) is 0 Å². The average Bonchev–Trinajstić information content (AvgIpc) is 3.13. The van der Waals surface area contributed by atoms with Crippen molar-refractivity contribution in [2.75, 3.05) is 33.2 Å². The number of rotatable bonds is 7. The fourth-order valence-electron chi connectivity index (χ4n) is 3.15. The van der Waals surface area contributed by atoms with Crippen LogP contribution in [0.15, 0.2) is 42.6 Å². The molecule has 1 unspecified atom stereocenters. The number of hydrogen-bond acceptors (Lipinski definition) is 4. The van der Waals surface area contributed by atoms with Crippen molar-refractivity contribution < 1.29 is 4.79 Å². The molecule has 0 spiro atoms. The molecule has 1 saturated heterocycles. The SMILES string of the molecule is CN(CCNC(=O)c1ccn(C2CCCNC2)n1)Cc1ccccc1.Cl. The minimum Gasteiger partial charge on any atom is -0.349 e. The summed E-state index contributed by atoms with van der Waals surface area (Å²) in [6.45, 7) is 4.28. The molecule has 2 heterocycles. The van der Waals surface area contributed by atoms with Crippen molar-refractivity contribution in [1.29, 1.82) is 0 Å². The fraction of sp³-hybridized carbons (Fsp3) is 0.474. The van der Waals surface area contributed by atoms with Crippen LogP contribution in [0.1, 0.15) is 34.9 Å². The molecule has 1 aliphatic rings. The molecular formula is C19H28ClN5O. The van der Waals surface area contributed by atoms with Crippen molar-refractivity contribution in [3.8, 4) is 0 Å². The van der Waals surface area contributed by atoms with E-state index in [0.29, 0.717) is 18.3 Å². The van der Waals surface area contributed by atoms with Gasteiger partial charge in [-0.1, -0.05) is 30.3 Å². The molecule has 2 aromatic rings. The van der Waals surface area contributed by atoms with Gasteiger partial charge in [-0.15, -0.1) is 12.4 Å². The molecule has 1 atom stereocenters. The van der Waals surface area contributed by atoms with E-state index in [2.05, 4.69) is 39.8 Å². The zero-order valence-electron chi connectivity index (χ0n) is 15.2. The smallest absolute Gasteiger partial charge is 0.271 e. The predicted octanol–water partition coefficient (Wildman–Crippen LogP) is 2.09. The Morgan fingerprint density at radius 2 is 2.15 bits per heavy atom. The lowest BCUT2D eigenvalue weighted by Crippen LogP contribution is -2.34. The Morgan fingerprint density at radius 1 is 1.35 bits per heavy atom. The number of likely N-dealkylation sites (N-methyl/N-ethyl adjacent to an activating group) is 1. The van der Waals surface area contributed by atoms with E-state index in [0.717, 1.165) is 39.0 Å². The van der Waals surface area contributed by atoms with E-state index in [9.17, 15) is 4.79 Å². The number of nitrogens with one attached hydrogen (secondary N) is 2. The second-order valence-corrected chi connectivity index (χ2v) is 6.66. The normalized spacial score (nSPS) is 16.9. The largest absolute Gasteiger partial charge is 0.349 e. The maximum absolute atomic E-state index is 12.3. The summed E-state index contributed by atoms with van der Waals surface area (Å²) < 4.78 is 1.92. The first-order valence-electron chi connectivity index (χ1n) is 8.99. The zero-order valence-corrected chi connectivity index (χ0v) is 16.0. The van der Waals surface area contributed by atoms with E-state index < -0.39 is 0 Å². The lowest BCUT2D eigenvalue weighted by molar-refractivity contribution is 0.0943. The lowest BCUT2D eigenvalue weighted by Gasteiger charge is -2.22. The molecule has 0 aliphatic carbocycles. The highest BCUT2D eigenvalue weighted by Crippen LogP contribution is 2.15. The molecule has 1 aliphatic heterocycles. The van der Waals surface area contributed by atoms with E-state index in [-0.39, 0.29) is 18.3 Å². The molecule has 142 valence electrons. The van der Waals surface area contributed by atoms with Crippen LogP contribution >= 0.6 is 12.4 Å². The van der Waals surface area contributed by atoms with Gasteiger partial charge < -0.3 is 15.5 Å². The molecule has 1 fully saturated rings.